The zero-order valence-corrected chi connectivity index (χ0v) is 14.4. The van der Waals surface area contributed by atoms with E-state index in [2.05, 4.69) is 34.6 Å². The molecule has 1 fully saturated rings. The lowest BCUT2D eigenvalue weighted by molar-refractivity contribution is -0.171. The maximum Gasteiger partial charge on any atom is 0.310 e. The van der Waals surface area contributed by atoms with Crippen LogP contribution in [0.4, 0.5) is 0 Å². The number of carboxylic acids is 1. The van der Waals surface area contributed by atoms with Gasteiger partial charge in [0.1, 0.15) is 0 Å². The summed E-state index contributed by atoms with van der Waals surface area (Å²) in [5.41, 5.74) is -0.796. The molecule has 2 heteroatoms. The summed E-state index contributed by atoms with van der Waals surface area (Å²) in [4.78, 5) is 12.2. The van der Waals surface area contributed by atoms with Crippen molar-refractivity contribution >= 4 is 5.97 Å². The topological polar surface area (TPSA) is 37.3 Å². The van der Waals surface area contributed by atoms with Gasteiger partial charge in [0.15, 0.2) is 0 Å². The predicted octanol–water partition coefficient (Wildman–Crippen LogP) is 5.51. The minimum atomic E-state index is -0.624. The van der Waals surface area contributed by atoms with Gasteiger partial charge in [-0.3, -0.25) is 4.79 Å². The van der Waals surface area contributed by atoms with E-state index in [0.717, 1.165) is 19.3 Å². The highest BCUT2D eigenvalue weighted by Crippen LogP contribution is 2.59. The quantitative estimate of drug-likeness (QED) is 0.668. The number of carboxylic acid groups (broad SMARTS) is 1. The third-order valence-corrected chi connectivity index (χ3v) is 6.76. The first-order chi connectivity index (χ1) is 9.11. The standard InChI is InChI=1S/C18H34O2/c1-7-8-13-16(2,3)17(4,5)18(6,15(19)20)14-11-9-10-12-14/h14H,7-13H2,1-6H3,(H,19,20). The van der Waals surface area contributed by atoms with E-state index in [1.54, 1.807) is 0 Å². The van der Waals surface area contributed by atoms with Crippen molar-refractivity contribution in [1.82, 2.24) is 0 Å². The van der Waals surface area contributed by atoms with Gasteiger partial charge in [-0.05, 0) is 42.9 Å². The molecule has 0 saturated heterocycles. The average Bonchev–Trinajstić information content (AvgIpc) is 2.88. The molecule has 1 aliphatic rings. The van der Waals surface area contributed by atoms with Crippen molar-refractivity contribution in [3.63, 3.8) is 0 Å². The van der Waals surface area contributed by atoms with E-state index >= 15 is 0 Å². The molecule has 1 atom stereocenters. The van der Waals surface area contributed by atoms with Crippen LogP contribution in [0, 0.1) is 22.2 Å². The second-order valence-corrected chi connectivity index (χ2v) is 8.10. The molecule has 0 aromatic rings. The zero-order valence-electron chi connectivity index (χ0n) is 14.4. The first-order valence-corrected chi connectivity index (χ1v) is 8.34. The number of unbranched alkanes of at least 4 members (excludes halogenated alkanes) is 1. The summed E-state index contributed by atoms with van der Waals surface area (Å²) in [5.74, 6) is -0.269. The Labute approximate surface area is 125 Å². The van der Waals surface area contributed by atoms with Gasteiger partial charge in [-0.25, -0.2) is 0 Å². The summed E-state index contributed by atoms with van der Waals surface area (Å²) in [6.45, 7) is 13.1. The fourth-order valence-corrected chi connectivity index (χ4v) is 4.09. The van der Waals surface area contributed by atoms with Crippen LogP contribution in [0.3, 0.4) is 0 Å². The molecule has 0 spiro atoms. The first kappa shape index (κ1) is 17.5. The van der Waals surface area contributed by atoms with Crippen molar-refractivity contribution in [2.24, 2.45) is 22.2 Å². The Kier molecular flexibility index (Phi) is 5.32. The van der Waals surface area contributed by atoms with E-state index in [4.69, 9.17) is 0 Å². The van der Waals surface area contributed by atoms with Gasteiger partial charge in [0.05, 0.1) is 5.41 Å². The van der Waals surface area contributed by atoms with Gasteiger partial charge in [0.25, 0.3) is 0 Å². The minimum Gasteiger partial charge on any atom is -0.481 e. The van der Waals surface area contributed by atoms with E-state index in [-0.39, 0.29) is 10.8 Å². The van der Waals surface area contributed by atoms with Crippen LogP contribution in [0.15, 0.2) is 0 Å². The van der Waals surface area contributed by atoms with Gasteiger partial charge in [-0.2, -0.15) is 0 Å². The van der Waals surface area contributed by atoms with Crippen LogP contribution in [-0.4, -0.2) is 11.1 Å². The molecule has 0 aliphatic heterocycles. The Balaban J connectivity index is 3.13. The minimum absolute atomic E-state index is 0.0404. The first-order valence-electron chi connectivity index (χ1n) is 8.34. The molecule has 1 saturated carbocycles. The molecular weight excluding hydrogens is 248 g/mol. The summed E-state index contributed by atoms with van der Waals surface area (Å²) in [7, 11) is 0. The molecule has 1 unspecified atom stereocenters. The third-order valence-electron chi connectivity index (χ3n) is 6.76. The molecule has 2 nitrogen and oxygen atoms in total. The van der Waals surface area contributed by atoms with E-state index < -0.39 is 11.4 Å². The second kappa shape index (κ2) is 6.07. The maximum absolute atomic E-state index is 12.2. The molecule has 118 valence electrons. The van der Waals surface area contributed by atoms with Gasteiger partial charge in [-0.1, -0.05) is 60.3 Å². The Morgan fingerprint density at radius 1 is 1.10 bits per heavy atom. The van der Waals surface area contributed by atoms with Crippen molar-refractivity contribution in [1.29, 1.82) is 0 Å². The molecule has 20 heavy (non-hydrogen) atoms. The molecule has 1 N–H and O–H groups in total. The second-order valence-electron chi connectivity index (χ2n) is 8.10. The molecular formula is C18H34O2. The van der Waals surface area contributed by atoms with Crippen LogP contribution >= 0.6 is 0 Å². The lowest BCUT2D eigenvalue weighted by Crippen LogP contribution is -2.54. The van der Waals surface area contributed by atoms with E-state index in [1.165, 1.54) is 25.7 Å². The average molecular weight is 282 g/mol. The van der Waals surface area contributed by atoms with Crippen LogP contribution in [0.1, 0.15) is 86.5 Å². The molecule has 0 bridgehead atoms. The normalized spacial score (nSPS) is 20.9. The lowest BCUT2D eigenvalue weighted by atomic mass is 9.49. The molecule has 0 aromatic heterocycles. The fraction of sp³-hybridized carbons (Fsp3) is 0.944. The number of hydrogen-bond donors (Lipinski definition) is 1. The van der Waals surface area contributed by atoms with Gasteiger partial charge in [-0.15, -0.1) is 0 Å². The Bertz CT molecular complexity index is 337. The van der Waals surface area contributed by atoms with Crippen molar-refractivity contribution in [2.45, 2.75) is 86.5 Å². The summed E-state index contributed by atoms with van der Waals surface area (Å²) in [6.07, 6.45) is 8.00. The summed E-state index contributed by atoms with van der Waals surface area (Å²) in [6, 6.07) is 0. The molecule has 0 radical (unpaired) electrons. The molecule has 1 rings (SSSR count). The van der Waals surface area contributed by atoms with Gasteiger partial charge in [0, 0.05) is 0 Å². The third kappa shape index (κ3) is 2.76. The number of carbonyl (C=O) groups is 1. The van der Waals surface area contributed by atoms with Crippen LogP contribution in [0.5, 0.6) is 0 Å². The SMILES string of the molecule is CCCCC(C)(C)C(C)(C)C(C)(C(=O)O)C1CCCC1. The van der Waals surface area contributed by atoms with Crippen molar-refractivity contribution in [3.8, 4) is 0 Å². The highest BCUT2D eigenvalue weighted by Gasteiger charge is 2.58. The smallest absolute Gasteiger partial charge is 0.310 e. The molecule has 0 aromatic carbocycles. The van der Waals surface area contributed by atoms with Crippen LogP contribution < -0.4 is 0 Å². The fourth-order valence-electron chi connectivity index (χ4n) is 4.09. The largest absolute Gasteiger partial charge is 0.481 e. The summed E-state index contributed by atoms with van der Waals surface area (Å²) in [5, 5.41) is 10.0. The lowest BCUT2D eigenvalue weighted by Gasteiger charge is -2.54. The highest BCUT2D eigenvalue weighted by atomic mass is 16.4. The molecule has 0 heterocycles. The van der Waals surface area contributed by atoms with E-state index in [1.807, 2.05) is 6.92 Å². The van der Waals surface area contributed by atoms with Crippen LogP contribution in [0.25, 0.3) is 0 Å². The van der Waals surface area contributed by atoms with Crippen molar-refractivity contribution in [3.05, 3.63) is 0 Å². The molecule has 1 aliphatic carbocycles. The number of aliphatic carboxylic acids is 1. The summed E-state index contributed by atoms with van der Waals surface area (Å²) < 4.78 is 0. The number of rotatable bonds is 7. The number of hydrogen-bond acceptors (Lipinski definition) is 1. The Morgan fingerprint density at radius 2 is 1.60 bits per heavy atom. The van der Waals surface area contributed by atoms with Gasteiger partial charge >= 0.3 is 5.97 Å². The zero-order chi connectivity index (χ0) is 15.6. The predicted molar refractivity (Wildman–Crippen MR) is 84.8 cm³/mol. The van der Waals surface area contributed by atoms with Gasteiger partial charge < -0.3 is 5.11 Å². The maximum atomic E-state index is 12.2. The monoisotopic (exact) mass is 282 g/mol. The Hall–Kier alpha value is -0.530. The van der Waals surface area contributed by atoms with Crippen molar-refractivity contribution < 1.29 is 9.90 Å². The molecule has 0 amide bonds. The highest BCUT2D eigenvalue weighted by molar-refractivity contribution is 5.76. The van der Waals surface area contributed by atoms with E-state index in [0.29, 0.717) is 5.92 Å². The van der Waals surface area contributed by atoms with Crippen LogP contribution in [0.2, 0.25) is 0 Å². The van der Waals surface area contributed by atoms with Crippen LogP contribution in [-0.2, 0) is 4.79 Å². The van der Waals surface area contributed by atoms with Crippen molar-refractivity contribution in [2.75, 3.05) is 0 Å². The van der Waals surface area contributed by atoms with E-state index in [9.17, 15) is 9.90 Å². The van der Waals surface area contributed by atoms with Gasteiger partial charge in [0.2, 0.25) is 0 Å². The summed E-state index contributed by atoms with van der Waals surface area (Å²) >= 11 is 0. The Morgan fingerprint density at radius 3 is 2.00 bits per heavy atom.